The summed E-state index contributed by atoms with van der Waals surface area (Å²) in [5.41, 5.74) is -0.0210. The Morgan fingerprint density at radius 3 is 2.55 bits per heavy atom. The van der Waals surface area contributed by atoms with Crippen molar-refractivity contribution in [1.82, 2.24) is 25.4 Å². The molecule has 2 rings (SSSR count). The Morgan fingerprint density at radius 1 is 1.23 bits per heavy atom. The molecule has 10 heteroatoms. The van der Waals surface area contributed by atoms with Gasteiger partial charge in [0.15, 0.2) is 5.16 Å². The minimum Gasteiger partial charge on any atom is -0.300 e. The summed E-state index contributed by atoms with van der Waals surface area (Å²) in [6.07, 6.45) is 0. The number of rotatable bonds is 5. The summed E-state index contributed by atoms with van der Waals surface area (Å²) in [5, 5.41) is 19.4. The van der Waals surface area contributed by atoms with Gasteiger partial charge in [-0.2, -0.15) is 0 Å². The van der Waals surface area contributed by atoms with Gasteiger partial charge in [-0.1, -0.05) is 36.9 Å². The topological polar surface area (TPSA) is 114 Å². The van der Waals surface area contributed by atoms with Gasteiger partial charge in [0.2, 0.25) is 11.0 Å². The summed E-state index contributed by atoms with van der Waals surface area (Å²) >= 11 is 2.47. The Balaban J connectivity index is 1.99. The first kappa shape index (κ1) is 16.6. The van der Waals surface area contributed by atoms with Crippen molar-refractivity contribution >= 4 is 34.1 Å². The van der Waals surface area contributed by atoms with Crippen LogP contribution in [-0.2, 0) is 4.79 Å². The van der Waals surface area contributed by atoms with E-state index in [4.69, 9.17) is 0 Å². The van der Waals surface area contributed by atoms with Crippen LogP contribution < -0.4 is 10.9 Å². The molecule has 0 fully saturated rings. The second-order valence-electron chi connectivity index (χ2n) is 4.89. The van der Waals surface area contributed by atoms with Gasteiger partial charge in [-0.15, -0.1) is 20.4 Å². The van der Waals surface area contributed by atoms with Crippen molar-refractivity contribution in [2.24, 2.45) is 0 Å². The van der Waals surface area contributed by atoms with Gasteiger partial charge in [-0.05, 0) is 13.8 Å². The van der Waals surface area contributed by atoms with Crippen molar-refractivity contribution in [3.63, 3.8) is 0 Å². The van der Waals surface area contributed by atoms with Crippen LogP contribution in [0.25, 0.3) is 0 Å². The number of H-pyrrole nitrogens is 1. The lowest BCUT2D eigenvalue weighted by Gasteiger charge is -2.08. The van der Waals surface area contributed by atoms with E-state index in [2.05, 4.69) is 30.7 Å². The average molecular weight is 340 g/mol. The van der Waals surface area contributed by atoms with Gasteiger partial charge in [-0.25, -0.2) is 0 Å². The van der Waals surface area contributed by atoms with Crippen LogP contribution >= 0.6 is 23.1 Å². The highest BCUT2D eigenvalue weighted by molar-refractivity contribution is 8.00. The third-order valence-corrected chi connectivity index (χ3v) is 4.78. The van der Waals surface area contributed by atoms with E-state index in [0.29, 0.717) is 10.3 Å². The van der Waals surface area contributed by atoms with Gasteiger partial charge in [0.25, 0.3) is 5.56 Å². The number of hydrogen-bond donors (Lipinski definition) is 2. The molecule has 0 aliphatic rings. The molecule has 0 aliphatic carbocycles. The van der Waals surface area contributed by atoms with Crippen LogP contribution in [0, 0.1) is 6.92 Å². The molecule has 8 nitrogen and oxygen atoms in total. The third-order valence-electron chi connectivity index (χ3n) is 2.66. The summed E-state index contributed by atoms with van der Waals surface area (Å²) in [6, 6.07) is 0. The number of carbonyl (C=O) groups is 1. The molecule has 0 aliphatic heterocycles. The van der Waals surface area contributed by atoms with Crippen LogP contribution in [0.1, 0.15) is 37.4 Å². The maximum Gasteiger partial charge on any atom is 0.273 e. The van der Waals surface area contributed by atoms with Crippen LogP contribution in [0.5, 0.6) is 0 Å². The van der Waals surface area contributed by atoms with Gasteiger partial charge in [0.05, 0.1) is 5.25 Å². The number of aromatic nitrogens is 5. The minimum atomic E-state index is -0.459. The van der Waals surface area contributed by atoms with Crippen LogP contribution in [0.15, 0.2) is 9.95 Å². The van der Waals surface area contributed by atoms with E-state index >= 15 is 0 Å². The maximum atomic E-state index is 12.1. The first-order valence-electron chi connectivity index (χ1n) is 6.61. The standard InChI is InChI=1S/C12H16N6O2S2/c1-5(2)10-16-18-12(22-10)14-9(20)7(4)21-11-13-8(19)6(3)15-17-11/h5,7H,1-4H3,(H,13,17,19)(H,14,18,20). The van der Waals surface area contributed by atoms with Crippen molar-refractivity contribution < 1.29 is 4.79 Å². The molecule has 2 N–H and O–H groups in total. The lowest BCUT2D eigenvalue weighted by Crippen LogP contribution is -2.23. The SMILES string of the molecule is Cc1nnc(SC(C)C(=O)Nc2nnc(C(C)C)s2)[nH]c1=O. The minimum absolute atomic E-state index is 0.236. The van der Waals surface area contributed by atoms with Crippen LogP contribution in [0.4, 0.5) is 5.13 Å². The zero-order valence-corrected chi connectivity index (χ0v) is 14.2. The van der Waals surface area contributed by atoms with Crippen LogP contribution in [0.2, 0.25) is 0 Å². The zero-order valence-electron chi connectivity index (χ0n) is 12.6. The molecule has 1 amide bonds. The van der Waals surface area contributed by atoms with Gasteiger partial charge in [0, 0.05) is 5.92 Å². The predicted octanol–water partition coefficient (Wildman–Crippen LogP) is 1.57. The second kappa shape index (κ2) is 6.97. The van der Waals surface area contributed by atoms with E-state index in [1.807, 2.05) is 13.8 Å². The molecule has 118 valence electrons. The summed E-state index contributed by atoms with van der Waals surface area (Å²) in [5.74, 6) is 0.0301. The van der Waals surface area contributed by atoms with E-state index in [1.165, 1.54) is 11.3 Å². The van der Waals surface area contributed by atoms with Crippen molar-refractivity contribution in [2.75, 3.05) is 5.32 Å². The molecular weight excluding hydrogens is 324 g/mol. The quantitative estimate of drug-likeness (QED) is 0.794. The van der Waals surface area contributed by atoms with E-state index < -0.39 is 5.25 Å². The summed E-state index contributed by atoms with van der Waals surface area (Å²) in [6.45, 7) is 7.30. The number of hydrogen-bond acceptors (Lipinski definition) is 8. The Kier molecular flexibility index (Phi) is 5.24. The van der Waals surface area contributed by atoms with Crippen molar-refractivity contribution in [1.29, 1.82) is 0 Å². The molecule has 0 bridgehead atoms. The predicted molar refractivity (Wildman–Crippen MR) is 85.3 cm³/mol. The Hall–Kier alpha value is -1.81. The molecule has 0 saturated heterocycles. The molecule has 0 spiro atoms. The van der Waals surface area contributed by atoms with E-state index in [1.54, 1.807) is 13.8 Å². The Morgan fingerprint density at radius 2 is 1.95 bits per heavy atom. The molecule has 0 saturated carbocycles. The van der Waals surface area contributed by atoms with E-state index in [9.17, 15) is 9.59 Å². The Labute approximate surface area is 135 Å². The van der Waals surface area contributed by atoms with E-state index in [0.717, 1.165) is 16.8 Å². The average Bonchev–Trinajstić information content (AvgIpc) is 2.91. The number of nitrogens with one attached hydrogen (secondary N) is 2. The molecule has 2 aromatic heterocycles. The number of aryl methyl sites for hydroxylation is 1. The number of nitrogens with zero attached hydrogens (tertiary/aromatic N) is 4. The summed E-state index contributed by atoms with van der Waals surface area (Å²) in [4.78, 5) is 26.1. The normalized spacial score (nSPS) is 12.4. The molecule has 0 aromatic carbocycles. The van der Waals surface area contributed by atoms with Gasteiger partial charge < -0.3 is 0 Å². The molecule has 1 atom stereocenters. The van der Waals surface area contributed by atoms with Crippen LogP contribution in [-0.4, -0.2) is 36.5 Å². The highest BCUT2D eigenvalue weighted by atomic mass is 32.2. The molecular formula is C12H16N6O2S2. The summed E-state index contributed by atoms with van der Waals surface area (Å²) < 4.78 is 0. The molecule has 2 heterocycles. The smallest absolute Gasteiger partial charge is 0.273 e. The lowest BCUT2D eigenvalue weighted by molar-refractivity contribution is -0.115. The zero-order chi connectivity index (χ0) is 16.3. The lowest BCUT2D eigenvalue weighted by atomic mass is 10.2. The van der Waals surface area contributed by atoms with Gasteiger partial charge in [-0.3, -0.25) is 19.9 Å². The number of anilines is 1. The first-order valence-corrected chi connectivity index (χ1v) is 8.31. The molecule has 1 unspecified atom stereocenters. The summed E-state index contributed by atoms with van der Waals surface area (Å²) in [7, 11) is 0. The molecule has 0 radical (unpaired) electrons. The molecule has 2 aromatic rings. The van der Waals surface area contributed by atoms with Crippen LogP contribution in [0.3, 0.4) is 0 Å². The Bertz CT molecular complexity index is 726. The highest BCUT2D eigenvalue weighted by Crippen LogP contribution is 2.24. The monoisotopic (exact) mass is 340 g/mol. The van der Waals surface area contributed by atoms with Crippen molar-refractivity contribution in [3.05, 3.63) is 21.1 Å². The fraction of sp³-hybridized carbons (Fsp3) is 0.500. The number of carbonyl (C=O) groups excluding carboxylic acids is 1. The number of thioether (sulfide) groups is 1. The third kappa shape index (κ3) is 4.10. The first-order chi connectivity index (χ1) is 10.4. The van der Waals surface area contributed by atoms with Gasteiger partial charge in [0.1, 0.15) is 10.7 Å². The highest BCUT2D eigenvalue weighted by Gasteiger charge is 2.18. The van der Waals surface area contributed by atoms with Crippen molar-refractivity contribution in [3.8, 4) is 0 Å². The fourth-order valence-corrected chi connectivity index (χ4v) is 2.87. The fourth-order valence-electron chi connectivity index (χ4n) is 1.38. The molecule has 22 heavy (non-hydrogen) atoms. The van der Waals surface area contributed by atoms with Crippen molar-refractivity contribution in [2.45, 2.75) is 44.0 Å². The largest absolute Gasteiger partial charge is 0.300 e. The second-order valence-corrected chi connectivity index (χ2v) is 7.23. The van der Waals surface area contributed by atoms with Gasteiger partial charge >= 0.3 is 0 Å². The maximum absolute atomic E-state index is 12.1. The number of amides is 1. The number of aromatic amines is 1. The van der Waals surface area contributed by atoms with E-state index in [-0.39, 0.29) is 23.1 Å².